The summed E-state index contributed by atoms with van der Waals surface area (Å²) in [7, 11) is -6.69. The minimum Gasteiger partial charge on any atom is -0.465 e. The Balaban J connectivity index is 1.91. The van der Waals surface area contributed by atoms with Crippen LogP contribution in [0.25, 0.3) is 0 Å². The molecule has 2 aromatic rings. The minimum absolute atomic E-state index is 0.0366. The Bertz CT molecular complexity index is 1170. The summed E-state index contributed by atoms with van der Waals surface area (Å²) in [5, 5.41) is 0. The van der Waals surface area contributed by atoms with Crippen LogP contribution in [0.2, 0.25) is 0 Å². The number of amides is 1. The molecule has 1 heterocycles. The van der Waals surface area contributed by atoms with E-state index in [-0.39, 0.29) is 27.6 Å². The van der Waals surface area contributed by atoms with Crippen molar-refractivity contribution in [3.63, 3.8) is 0 Å². The zero-order chi connectivity index (χ0) is 21.4. The van der Waals surface area contributed by atoms with Gasteiger partial charge in [0.2, 0.25) is 15.9 Å². The largest absolute Gasteiger partial charge is 0.465 e. The second kappa shape index (κ2) is 7.48. The number of nitrogens with one attached hydrogen (secondary N) is 1. The van der Waals surface area contributed by atoms with Crippen molar-refractivity contribution in [2.45, 2.75) is 11.8 Å². The fourth-order valence-electron chi connectivity index (χ4n) is 2.91. The molecule has 1 atom stereocenters. The van der Waals surface area contributed by atoms with E-state index in [1.165, 1.54) is 50.4 Å². The number of para-hydroxylation sites is 1. The Morgan fingerprint density at radius 1 is 1.14 bits per heavy atom. The van der Waals surface area contributed by atoms with E-state index in [9.17, 15) is 26.4 Å². The van der Waals surface area contributed by atoms with E-state index < -0.39 is 37.8 Å². The first-order valence-electron chi connectivity index (χ1n) is 8.44. The van der Waals surface area contributed by atoms with Crippen molar-refractivity contribution in [1.82, 2.24) is 0 Å². The zero-order valence-corrected chi connectivity index (χ0v) is 17.2. The maximum Gasteiger partial charge on any atom is 0.339 e. The van der Waals surface area contributed by atoms with Gasteiger partial charge in [-0.25, -0.2) is 25.9 Å². The molecule has 3 rings (SSSR count). The van der Waals surface area contributed by atoms with Crippen LogP contribution in [0.15, 0.2) is 53.4 Å². The van der Waals surface area contributed by atoms with Crippen molar-refractivity contribution in [2.75, 3.05) is 21.9 Å². The average molecular weight is 438 g/mol. The lowest BCUT2D eigenvalue weighted by Gasteiger charge is -2.16. The number of rotatable bonds is 5. The van der Waals surface area contributed by atoms with Crippen LogP contribution in [0.4, 0.5) is 11.4 Å². The number of carbonyl (C=O) groups is 2. The van der Waals surface area contributed by atoms with Gasteiger partial charge in [0.05, 0.1) is 40.6 Å². The van der Waals surface area contributed by atoms with E-state index in [1.807, 2.05) is 0 Å². The van der Waals surface area contributed by atoms with Crippen molar-refractivity contribution >= 4 is 43.3 Å². The zero-order valence-electron chi connectivity index (χ0n) is 15.5. The highest BCUT2D eigenvalue weighted by Gasteiger charge is 2.42. The van der Waals surface area contributed by atoms with Gasteiger partial charge in [0.1, 0.15) is 0 Å². The molecule has 2 aromatic carbocycles. The van der Waals surface area contributed by atoms with Crippen LogP contribution in [0, 0.1) is 5.92 Å². The molecule has 0 spiro atoms. The number of anilines is 2. The number of hydrogen-bond donors (Lipinski definition) is 1. The number of sulfonamides is 2. The number of carbonyl (C=O) groups excluding carboxylic acids is 2. The van der Waals surface area contributed by atoms with Crippen molar-refractivity contribution in [2.24, 2.45) is 5.92 Å². The first kappa shape index (κ1) is 20.8. The highest BCUT2D eigenvalue weighted by Crippen LogP contribution is 2.29. The predicted molar refractivity (Wildman–Crippen MR) is 105 cm³/mol. The fraction of sp³-hybridized carbons (Fsp3) is 0.222. The molecule has 0 radical (unpaired) electrons. The molecule has 154 valence electrons. The lowest BCUT2D eigenvalue weighted by atomic mass is 10.2. The standard InChI is InChI=1S/C18H18N2O7S2/c1-12-11-28(23,24)20(17(12)21)13-7-9-14(10-8-13)29(25,26)19-16-6-4-3-5-15(16)18(22)27-2/h3-10,12,19H,11H2,1-2H3/t12-/m0/s1. The van der Waals surface area contributed by atoms with Gasteiger partial charge in [0.15, 0.2) is 0 Å². The Hall–Kier alpha value is -2.92. The summed E-state index contributed by atoms with van der Waals surface area (Å²) in [4.78, 5) is 23.8. The molecule has 1 aliphatic rings. The van der Waals surface area contributed by atoms with Gasteiger partial charge in [-0.15, -0.1) is 0 Å². The molecule has 0 saturated carbocycles. The number of hydrogen-bond acceptors (Lipinski definition) is 7. The van der Waals surface area contributed by atoms with Gasteiger partial charge in [-0.3, -0.25) is 9.52 Å². The lowest BCUT2D eigenvalue weighted by molar-refractivity contribution is -0.119. The third-order valence-electron chi connectivity index (χ3n) is 4.32. The van der Waals surface area contributed by atoms with Crippen LogP contribution in [0.3, 0.4) is 0 Å². The third kappa shape index (κ3) is 3.96. The monoisotopic (exact) mass is 438 g/mol. The summed E-state index contributed by atoms with van der Waals surface area (Å²) in [6.07, 6.45) is 0. The van der Waals surface area contributed by atoms with Gasteiger partial charge >= 0.3 is 5.97 Å². The molecule has 1 saturated heterocycles. The van der Waals surface area contributed by atoms with Crippen molar-refractivity contribution in [3.05, 3.63) is 54.1 Å². The second-order valence-corrected chi connectivity index (χ2v) is 9.96. The van der Waals surface area contributed by atoms with E-state index in [0.717, 1.165) is 0 Å². The van der Waals surface area contributed by atoms with Crippen molar-refractivity contribution in [1.29, 1.82) is 0 Å². The summed E-state index contributed by atoms with van der Waals surface area (Å²) >= 11 is 0. The summed E-state index contributed by atoms with van der Waals surface area (Å²) in [6.45, 7) is 1.52. The molecule has 0 unspecified atom stereocenters. The predicted octanol–water partition coefficient (Wildman–Crippen LogP) is 1.59. The van der Waals surface area contributed by atoms with Gasteiger partial charge in [-0.05, 0) is 36.4 Å². The Labute approximate surface area is 168 Å². The second-order valence-electron chi connectivity index (χ2n) is 6.42. The molecule has 1 amide bonds. The van der Waals surface area contributed by atoms with E-state index >= 15 is 0 Å². The first-order valence-corrected chi connectivity index (χ1v) is 11.5. The number of nitrogens with zero attached hydrogens (tertiary/aromatic N) is 1. The molecular formula is C18H18N2O7S2. The molecule has 0 aliphatic carbocycles. The van der Waals surface area contributed by atoms with E-state index in [1.54, 1.807) is 12.1 Å². The van der Waals surface area contributed by atoms with Gasteiger partial charge in [0.25, 0.3) is 10.0 Å². The topological polar surface area (TPSA) is 127 Å². The van der Waals surface area contributed by atoms with E-state index in [0.29, 0.717) is 4.31 Å². The van der Waals surface area contributed by atoms with E-state index in [2.05, 4.69) is 9.46 Å². The molecule has 0 bridgehead atoms. The van der Waals surface area contributed by atoms with Gasteiger partial charge < -0.3 is 4.74 Å². The summed E-state index contributed by atoms with van der Waals surface area (Å²) in [5.41, 5.74) is 0.140. The summed E-state index contributed by atoms with van der Waals surface area (Å²) in [6, 6.07) is 10.8. The normalized spacial score (nSPS) is 18.5. The van der Waals surface area contributed by atoms with Crippen LogP contribution in [-0.2, 0) is 29.6 Å². The molecule has 1 N–H and O–H groups in total. The Morgan fingerprint density at radius 2 is 1.76 bits per heavy atom. The maximum absolute atomic E-state index is 12.7. The first-order chi connectivity index (χ1) is 13.6. The Kier molecular flexibility index (Phi) is 5.37. The quantitative estimate of drug-likeness (QED) is 0.702. The Morgan fingerprint density at radius 3 is 2.31 bits per heavy atom. The summed E-state index contributed by atoms with van der Waals surface area (Å²) < 4.78 is 57.3. The highest BCUT2D eigenvalue weighted by molar-refractivity contribution is 7.94. The highest BCUT2D eigenvalue weighted by atomic mass is 32.2. The van der Waals surface area contributed by atoms with Gasteiger partial charge in [-0.1, -0.05) is 19.1 Å². The molecule has 0 aromatic heterocycles. The molecule has 9 nitrogen and oxygen atoms in total. The van der Waals surface area contributed by atoms with Crippen LogP contribution in [0.5, 0.6) is 0 Å². The smallest absolute Gasteiger partial charge is 0.339 e. The number of ether oxygens (including phenoxy) is 1. The molecule has 1 fully saturated rings. The number of methoxy groups -OCH3 is 1. The lowest BCUT2D eigenvalue weighted by Crippen LogP contribution is -2.30. The van der Waals surface area contributed by atoms with E-state index in [4.69, 9.17) is 0 Å². The minimum atomic E-state index is -4.08. The van der Waals surface area contributed by atoms with Gasteiger partial charge in [0, 0.05) is 0 Å². The molecule has 29 heavy (non-hydrogen) atoms. The molecule has 11 heteroatoms. The number of benzene rings is 2. The van der Waals surface area contributed by atoms with Crippen LogP contribution >= 0.6 is 0 Å². The van der Waals surface area contributed by atoms with Crippen LogP contribution in [-0.4, -0.2) is 41.6 Å². The number of esters is 1. The van der Waals surface area contributed by atoms with Crippen molar-refractivity contribution < 1.29 is 31.2 Å². The van der Waals surface area contributed by atoms with Crippen molar-refractivity contribution in [3.8, 4) is 0 Å². The van der Waals surface area contributed by atoms with Gasteiger partial charge in [-0.2, -0.15) is 0 Å². The maximum atomic E-state index is 12.7. The SMILES string of the molecule is COC(=O)c1ccccc1NS(=O)(=O)c1ccc(N2C(=O)[C@@H](C)CS2(=O)=O)cc1. The molecule has 1 aliphatic heterocycles. The summed E-state index contributed by atoms with van der Waals surface area (Å²) in [5.74, 6) is -2.23. The molecular weight excluding hydrogens is 420 g/mol. The van der Waals surface area contributed by atoms with Crippen LogP contribution in [0.1, 0.15) is 17.3 Å². The third-order valence-corrected chi connectivity index (χ3v) is 7.57. The fourth-order valence-corrected chi connectivity index (χ4v) is 5.81. The van der Waals surface area contributed by atoms with Crippen LogP contribution < -0.4 is 9.03 Å². The average Bonchev–Trinajstić information content (AvgIpc) is 2.88.